The Hall–Kier alpha value is -1.40. The Morgan fingerprint density at radius 1 is 0.909 bits per heavy atom. The van der Waals surface area contributed by atoms with E-state index in [1.807, 2.05) is 0 Å². The zero-order valence-electron chi connectivity index (χ0n) is 10.8. The average molecular weight is 432 g/mol. The summed E-state index contributed by atoms with van der Waals surface area (Å²) in [6, 6.07) is 10.1. The lowest BCUT2D eigenvalue weighted by Gasteiger charge is -2.11. The molecule has 1 aliphatic rings. The molecule has 0 aromatic heterocycles. The minimum atomic E-state index is -4.42. The van der Waals surface area contributed by atoms with Crippen LogP contribution in [0.15, 0.2) is 51.4 Å². The van der Waals surface area contributed by atoms with Crippen molar-refractivity contribution < 1.29 is 18.0 Å². The summed E-state index contributed by atoms with van der Waals surface area (Å²) < 4.78 is 39.7. The Morgan fingerprint density at radius 2 is 1.64 bits per heavy atom. The third kappa shape index (κ3) is 2.54. The van der Waals surface area contributed by atoms with Gasteiger partial charge in [-0.1, -0.05) is 28.1 Å². The highest BCUT2D eigenvalue weighted by molar-refractivity contribution is 9.12. The van der Waals surface area contributed by atoms with E-state index in [0.29, 0.717) is 22.3 Å². The molecule has 2 aromatic rings. The lowest BCUT2D eigenvalue weighted by Crippen LogP contribution is -2.05. The highest BCUT2D eigenvalue weighted by Gasteiger charge is 2.33. The molecule has 2 aromatic carbocycles. The minimum absolute atomic E-state index is 0.227. The van der Waals surface area contributed by atoms with Crippen LogP contribution in [0.5, 0.6) is 0 Å². The van der Waals surface area contributed by atoms with Crippen LogP contribution in [0, 0.1) is 0 Å². The third-order valence-corrected chi connectivity index (χ3v) is 4.64. The van der Waals surface area contributed by atoms with Crippen molar-refractivity contribution in [2.75, 3.05) is 0 Å². The Kier molecular flexibility index (Phi) is 3.77. The van der Waals surface area contributed by atoms with E-state index < -0.39 is 11.7 Å². The summed E-state index contributed by atoms with van der Waals surface area (Å²) in [5.74, 6) is -0.227. The molecule has 0 atom stereocenters. The topological polar surface area (TPSA) is 17.1 Å². The van der Waals surface area contributed by atoms with Crippen molar-refractivity contribution in [3.63, 3.8) is 0 Å². The van der Waals surface area contributed by atoms with Crippen molar-refractivity contribution >= 4 is 43.2 Å². The van der Waals surface area contributed by atoms with Gasteiger partial charge in [0.05, 0.1) is 10.0 Å². The smallest absolute Gasteiger partial charge is 0.288 e. The van der Waals surface area contributed by atoms with E-state index in [4.69, 9.17) is 0 Å². The SMILES string of the molecule is O=C1C(Br)=C(c2cccc(C(F)(F)F)c2)c2cc(Br)ccc21. The van der Waals surface area contributed by atoms with Crippen molar-refractivity contribution in [2.45, 2.75) is 6.18 Å². The second kappa shape index (κ2) is 5.35. The number of fused-ring (bicyclic) bond motifs is 1. The Bertz CT molecular complexity index is 822. The van der Waals surface area contributed by atoms with Crippen molar-refractivity contribution in [1.82, 2.24) is 0 Å². The Balaban J connectivity index is 2.21. The second-order valence-electron chi connectivity index (χ2n) is 4.79. The van der Waals surface area contributed by atoms with Crippen LogP contribution in [0.3, 0.4) is 0 Å². The van der Waals surface area contributed by atoms with Crippen molar-refractivity contribution in [3.05, 3.63) is 73.7 Å². The summed E-state index contributed by atoms with van der Waals surface area (Å²) in [6.45, 7) is 0. The fraction of sp³-hybridized carbons (Fsp3) is 0.0625. The molecule has 0 heterocycles. The number of ketones is 1. The first-order valence-corrected chi connectivity index (χ1v) is 7.79. The first-order valence-electron chi connectivity index (χ1n) is 6.21. The summed E-state index contributed by atoms with van der Waals surface area (Å²) in [5, 5.41) is 0. The van der Waals surface area contributed by atoms with Crippen molar-refractivity contribution in [2.24, 2.45) is 0 Å². The quantitative estimate of drug-likeness (QED) is 0.556. The number of alkyl halides is 3. The predicted octanol–water partition coefficient (Wildman–Crippen LogP) is 5.82. The number of hydrogen-bond acceptors (Lipinski definition) is 1. The molecule has 3 rings (SSSR count). The molecule has 1 nitrogen and oxygen atoms in total. The van der Waals surface area contributed by atoms with Gasteiger partial charge in [-0.25, -0.2) is 0 Å². The van der Waals surface area contributed by atoms with Gasteiger partial charge in [-0.05, 0) is 57.4 Å². The molecule has 0 unspecified atom stereocenters. The molecule has 6 heteroatoms. The monoisotopic (exact) mass is 430 g/mol. The van der Waals surface area contributed by atoms with E-state index in [-0.39, 0.29) is 10.3 Å². The number of benzene rings is 2. The van der Waals surface area contributed by atoms with Crippen molar-refractivity contribution in [1.29, 1.82) is 0 Å². The summed E-state index contributed by atoms with van der Waals surface area (Å²) in [4.78, 5) is 12.2. The summed E-state index contributed by atoms with van der Waals surface area (Å²) >= 11 is 6.54. The standard InChI is InChI=1S/C16H7Br2F3O/c17-10-4-5-11-12(7-10)13(14(18)15(11)22)8-2-1-3-9(6-8)16(19,20)21/h1-7H. The number of carbonyl (C=O) groups excluding carboxylic acids is 1. The number of Topliss-reactive ketones (excluding diaryl/α,β-unsaturated/α-hetero) is 1. The fourth-order valence-electron chi connectivity index (χ4n) is 2.40. The van der Waals surface area contributed by atoms with E-state index in [2.05, 4.69) is 31.9 Å². The molecule has 0 fully saturated rings. The molecule has 0 spiro atoms. The van der Waals surface area contributed by atoms with E-state index in [1.165, 1.54) is 6.07 Å². The van der Waals surface area contributed by atoms with Crippen LogP contribution < -0.4 is 0 Å². The highest BCUT2D eigenvalue weighted by atomic mass is 79.9. The molecular weight excluding hydrogens is 425 g/mol. The van der Waals surface area contributed by atoms with Gasteiger partial charge in [0.1, 0.15) is 0 Å². The predicted molar refractivity (Wildman–Crippen MR) is 84.9 cm³/mol. The van der Waals surface area contributed by atoms with Gasteiger partial charge in [-0.15, -0.1) is 0 Å². The zero-order chi connectivity index (χ0) is 16.1. The normalized spacial score (nSPS) is 14.5. The summed E-state index contributed by atoms with van der Waals surface area (Å²) in [5.41, 5.74) is 1.18. The van der Waals surface area contributed by atoms with E-state index in [9.17, 15) is 18.0 Å². The molecule has 0 amide bonds. The first-order chi connectivity index (χ1) is 10.3. The molecule has 1 aliphatic carbocycles. The zero-order valence-corrected chi connectivity index (χ0v) is 14.0. The molecule has 0 saturated carbocycles. The molecule has 22 heavy (non-hydrogen) atoms. The first kappa shape index (κ1) is 15.5. The van der Waals surface area contributed by atoms with E-state index >= 15 is 0 Å². The molecule has 0 saturated heterocycles. The molecule has 0 bridgehead atoms. The van der Waals surface area contributed by atoms with Gasteiger partial charge in [-0.3, -0.25) is 4.79 Å². The van der Waals surface area contributed by atoms with Crippen LogP contribution in [0.25, 0.3) is 5.57 Å². The molecule has 0 aliphatic heterocycles. The minimum Gasteiger partial charge on any atom is -0.288 e. The van der Waals surface area contributed by atoms with Gasteiger partial charge in [0.25, 0.3) is 0 Å². The van der Waals surface area contributed by atoms with Crippen LogP contribution in [-0.4, -0.2) is 5.78 Å². The maximum Gasteiger partial charge on any atom is 0.416 e. The average Bonchev–Trinajstić information content (AvgIpc) is 2.69. The molecule has 0 N–H and O–H groups in total. The Morgan fingerprint density at radius 3 is 2.32 bits per heavy atom. The molecule has 0 radical (unpaired) electrons. The van der Waals surface area contributed by atoms with Crippen LogP contribution in [0.4, 0.5) is 13.2 Å². The van der Waals surface area contributed by atoms with Gasteiger partial charge in [0.2, 0.25) is 5.78 Å². The van der Waals surface area contributed by atoms with Crippen LogP contribution >= 0.6 is 31.9 Å². The maximum absolute atomic E-state index is 12.9. The summed E-state index contributed by atoms with van der Waals surface area (Å²) in [6.07, 6.45) is -4.42. The van der Waals surface area contributed by atoms with E-state index in [1.54, 1.807) is 24.3 Å². The van der Waals surface area contributed by atoms with Crippen LogP contribution in [-0.2, 0) is 6.18 Å². The third-order valence-electron chi connectivity index (χ3n) is 3.39. The number of carbonyl (C=O) groups is 1. The number of allylic oxidation sites excluding steroid dienone is 1. The maximum atomic E-state index is 12.9. The van der Waals surface area contributed by atoms with Crippen LogP contribution in [0.2, 0.25) is 0 Å². The van der Waals surface area contributed by atoms with Gasteiger partial charge < -0.3 is 0 Å². The van der Waals surface area contributed by atoms with E-state index in [0.717, 1.165) is 16.6 Å². The number of rotatable bonds is 1. The lowest BCUT2D eigenvalue weighted by atomic mass is 9.97. The largest absolute Gasteiger partial charge is 0.416 e. The molecular formula is C16H7Br2F3O. The van der Waals surface area contributed by atoms with Gasteiger partial charge in [0, 0.05) is 15.6 Å². The van der Waals surface area contributed by atoms with Gasteiger partial charge in [-0.2, -0.15) is 13.2 Å². The van der Waals surface area contributed by atoms with Gasteiger partial charge >= 0.3 is 6.18 Å². The highest BCUT2D eigenvalue weighted by Crippen LogP contribution is 2.42. The molecule has 112 valence electrons. The van der Waals surface area contributed by atoms with Crippen LogP contribution in [0.1, 0.15) is 27.0 Å². The second-order valence-corrected chi connectivity index (χ2v) is 6.50. The number of hydrogen-bond donors (Lipinski definition) is 0. The van der Waals surface area contributed by atoms with Crippen molar-refractivity contribution in [3.8, 4) is 0 Å². The number of halogens is 5. The summed E-state index contributed by atoms with van der Waals surface area (Å²) in [7, 11) is 0. The van der Waals surface area contributed by atoms with Gasteiger partial charge in [0.15, 0.2) is 0 Å². The lowest BCUT2D eigenvalue weighted by molar-refractivity contribution is -0.137. The fourth-order valence-corrected chi connectivity index (χ4v) is 3.42. The Labute approximate surface area is 141 Å².